The molecule has 152 valence electrons. The second kappa shape index (κ2) is 7.59. The van der Waals surface area contributed by atoms with Gasteiger partial charge in [-0.15, -0.1) is 0 Å². The Morgan fingerprint density at radius 1 is 1.38 bits per heavy atom. The molecule has 1 saturated carbocycles. The van der Waals surface area contributed by atoms with Crippen LogP contribution in [0.1, 0.15) is 57.9 Å². The lowest BCUT2D eigenvalue weighted by atomic mass is 9.98. The fourth-order valence-corrected chi connectivity index (χ4v) is 4.00. The molecule has 11 heteroatoms. The third-order valence-corrected chi connectivity index (χ3v) is 6.02. The number of hydrogen-bond donors (Lipinski definition) is 1. The number of allylic oxidation sites excluding steroid dienone is 1. The largest absolute Gasteiger partial charge is 0.476 e. The molecule has 1 fully saturated rings. The summed E-state index contributed by atoms with van der Waals surface area (Å²) in [6.07, 6.45) is 4.28. The Morgan fingerprint density at radius 2 is 2.07 bits per heavy atom. The quantitative estimate of drug-likeness (QED) is 0.293. The van der Waals surface area contributed by atoms with Crippen molar-refractivity contribution in [2.75, 3.05) is 5.75 Å². The van der Waals surface area contributed by atoms with E-state index in [-0.39, 0.29) is 27.9 Å². The first kappa shape index (κ1) is 20.4. The maximum Gasteiger partial charge on any atom is 0.358 e. The average molecular weight is 420 g/mol. The number of sulfone groups is 1. The van der Waals surface area contributed by atoms with Gasteiger partial charge in [-0.2, -0.15) is 0 Å². The van der Waals surface area contributed by atoms with E-state index in [0.717, 1.165) is 18.2 Å². The van der Waals surface area contributed by atoms with E-state index in [1.165, 1.54) is 12.2 Å². The minimum atomic E-state index is -3.84. The van der Waals surface area contributed by atoms with Gasteiger partial charge in [-0.3, -0.25) is 14.9 Å². The van der Waals surface area contributed by atoms with Gasteiger partial charge >= 0.3 is 5.97 Å². The van der Waals surface area contributed by atoms with Crippen LogP contribution in [0.4, 0.5) is 5.69 Å². The van der Waals surface area contributed by atoms with E-state index in [1.54, 1.807) is 6.92 Å². The zero-order valence-corrected chi connectivity index (χ0v) is 16.0. The zero-order chi connectivity index (χ0) is 21.3. The summed E-state index contributed by atoms with van der Waals surface area (Å²) in [5.74, 6) is -2.90. The van der Waals surface area contributed by atoms with Crippen LogP contribution in [0.3, 0.4) is 0 Å². The Hall–Kier alpha value is -3.34. The van der Waals surface area contributed by atoms with Gasteiger partial charge in [-0.05, 0) is 31.9 Å². The maximum atomic E-state index is 13.0. The number of nitro groups is 1. The highest BCUT2D eigenvalue weighted by Gasteiger charge is 2.38. The number of benzene rings is 1. The van der Waals surface area contributed by atoms with Gasteiger partial charge in [0.2, 0.25) is 11.5 Å². The topological polar surface area (TPSA) is 158 Å². The van der Waals surface area contributed by atoms with Crippen LogP contribution in [0, 0.1) is 10.1 Å². The molecule has 0 bridgehead atoms. The highest BCUT2D eigenvalue weighted by atomic mass is 32.2. The Bertz CT molecular complexity index is 1140. The third-order valence-electron chi connectivity index (χ3n) is 4.42. The van der Waals surface area contributed by atoms with Crippen molar-refractivity contribution in [1.29, 1.82) is 0 Å². The Labute approximate surface area is 164 Å². The van der Waals surface area contributed by atoms with E-state index in [0.29, 0.717) is 12.8 Å². The van der Waals surface area contributed by atoms with Gasteiger partial charge in [-0.1, -0.05) is 17.3 Å². The van der Waals surface area contributed by atoms with E-state index in [1.807, 2.05) is 0 Å². The summed E-state index contributed by atoms with van der Waals surface area (Å²) < 4.78 is 29.6. The number of carbonyl (C=O) groups excluding carboxylic acids is 1. The number of nitrogens with zero attached hydrogens (tertiary/aromatic N) is 2. The van der Waals surface area contributed by atoms with Crippen molar-refractivity contribution in [3.63, 3.8) is 0 Å². The van der Waals surface area contributed by atoms with Gasteiger partial charge in [0.15, 0.2) is 15.6 Å². The molecular formula is C18H16N2O8S. The molecule has 3 rings (SSSR count). The predicted octanol–water partition coefficient (Wildman–Crippen LogP) is 2.74. The van der Waals surface area contributed by atoms with Crippen molar-refractivity contribution >= 4 is 27.3 Å². The molecule has 0 amide bonds. The molecular weight excluding hydrogens is 404 g/mol. The van der Waals surface area contributed by atoms with Crippen molar-refractivity contribution in [2.45, 2.75) is 30.6 Å². The number of rotatable bonds is 8. The van der Waals surface area contributed by atoms with E-state index in [2.05, 4.69) is 5.16 Å². The highest BCUT2D eigenvalue weighted by molar-refractivity contribution is 7.91. The molecule has 2 aromatic rings. The zero-order valence-electron chi connectivity index (χ0n) is 15.2. The molecule has 1 heterocycles. The van der Waals surface area contributed by atoms with E-state index < -0.39 is 43.5 Å². The predicted molar refractivity (Wildman–Crippen MR) is 98.8 cm³/mol. The molecule has 1 aliphatic rings. The lowest BCUT2D eigenvalue weighted by Crippen LogP contribution is -2.13. The van der Waals surface area contributed by atoms with Crippen LogP contribution >= 0.6 is 0 Å². The molecule has 0 aliphatic heterocycles. The second-order valence-electron chi connectivity index (χ2n) is 6.47. The van der Waals surface area contributed by atoms with Gasteiger partial charge < -0.3 is 9.63 Å². The van der Waals surface area contributed by atoms with Gasteiger partial charge in [-0.25, -0.2) is 13.2 Å². The molecule has 1 aromatic heterocycles. The van der Waals surface area contributed by atoms with Gasteiger partial charge in [0.1, 0.15) is 11.1 Å². The summed E-state index contributed by atoms with van der Waals surface area (Å²) in [7, 11) is -3.84. The van der Waals surface area contributed by atoms with E-state index in [9.17, 15) is 33.2 Å². The van der Waals surface area contributed by atoms with Crippen molar-refractivity contribution in [3.8, 4) is 0 Å². The van der Waals surface area contributed by atoms with E-state index >= 15 is 0 Å². The number of aromatic carboxylic acids is 1. The molecule has 0 unspecified atom stereocenters. The third kappa shape index (κ3) is 3.94. The van der Waals surface area contributed by atoms with Crippen LogP contribution in [0.15, 0.2) is 39.8 Å². The number of nitro benzene ring substituents is 1. The van der Waals surface area contributed by atoms with Crippen LogP contribution in [0.2, 0.25) is 0 Å². The van der Waals surface area contributed by atoms with Crippen LogP contribution < -0.4 is 0 Å². The summed E-state index contributed by atoms with van der Waals surface area (Å²) >= 11 is 0. The van der Waals surface area contributed by atoms with Crippen LogP contribution in [0.5, 0.6) is 0 Å². The number of aromatic nitrogens is 1. The first-order valence-electron chi connectivity index (χ1n) is 8.57. The highest BCUT2D eigenvalue weighted by Crippen LogP contribution is 2.43. The number of carboxylic acids is 1. The number of carboxylic acid groups (broad SMARTS) is 1. The van der Waals surface area contributed by atoms with Crippen molar-refractivity contribution < 1.29 is 32.6 Å². The monoisotopic (exact) mass is 420 g/mol. The molecule has 0 saturated heterocycles. The SMILES string of the molecule is CC=CCS(=O)(=O)c1ccc(C(=O)c2c(C(=O)O)noc2C2CC2)c([N+](=O)[O-])c1. The smallest absolute Gasteiger partial charge is 0.358 e. The minimum Gasteiger partial charge on any atom is -0.476 e. The lowest BCUT2D eigenvalue weighted by Gasteiger charge is -2.06. The summed E-state index contributed by atoms with van der Waals surface area (Å²) in [6.45, 7) is 1.64. The molecule has 1 N–H and O–H groups in total. The van der Waals surface area contributed by atoms with E-state index in [4.69, 9.17) is 4.52 Å². The molecule has 0 atom stereocenters. The summed E-state index contributed by atoms with van der Waals surface area (Å²) in [6, 6.07) is 2.90. The van der Waals surface area contributed by atoms with Crippen molar-refractivity contribution in [2.24, 2.45) is 0 Å². The summed E-state index contributed by atoms with van der Waals surface area (Å²) in [5, 5.41) is 24.2. The van der Waals surface area contributed by atoms with Crippen molar-refractivity contribution in [1.82, 2.24) is 5.16 Å². The first-order chi connectivity index (χ1) is 13.7. The number of hydrogen-bond acceptors (Lipinski definition) is 8. The van der Waals surface area contributed by atoms with Gasteiger partial charge in [0.25, 0.3) is 5.69 Å². The Morgan fingerprint density at radius 3 is 2.62 bits per heavy atom. The van der Waals surface area contributed by atoms with Crippen LogP contribution in [-0.4, -0.2) is 41.1 Å². The summed E-state index contributed by atoms with van der Waals surface area (Å²) in [4.78, 5) is 34.8. The standard InChI is InChI=1S/C18H16N2O8S/c1-2-3-8-29(26,27)11-6-7-12(13(9-11)20(24)25)16(21)14-15(18(22)23)19-28-17(14)10-4-5-10/h2-3,6-7,9-10H,4-5,8H2,1H3,(H,22,23). The maximum absolute atomic E-state index is 13.0. The van der Waals surface area contributed by atoms with Crippen LogP contribution in [-0.2, 0) is 9.84 Å². The normalized spacial score (nSPS) is 14.2. The molecule has 0 spiro atoms. The molecule has 29 heavy (non-hydrogen) atoms. The minimum absolute atomic E-state index is 0.0754. The van der Waals surface area contributed by atoms with Gasteiger partial charge in [0, 0.05) is 12.0 Å². The molecule has 0 radical (unpaired) electrons. The fraction of sp³-hybridized carbons (Fsp3) is 0.278. The molecule has 10 nitrogen and oxygen atoms in total. The Kier molecular flexibility index (Phi) is 5.33. The average Bonchev–Trinajstić information content (AvgIpc) is 3.42. The molecule has 1 aromatic carbocycles. The fourth-order valence-electron chi connectivity index (χ4n) is 2.79. The Balaban J connectivity index is 2.12. The second-order valence-corrected chi connectivity index (χ2v) is 8.50. The number of carbonyl (C=O) groups is 2. The van der Waals surface area contributed by atoms with Crippen molar-refractivity contribution in [3.05, 3.63) is 63.0 Å². The first-order valence-corrected chi connectivity index (χ1v) is 10.2. The molecule has 1 aliphatic carbocycles. The summed E-state index contributed by atoms with van der Waals surface area (Å²) in [5.41, 5.74) is -2.15. The van der Waals surface area contributed by atoms with Gasteiger partial charge in [0.05, 0.1) is 15.6 Å². The number of ketones is 1. The lowest BCUT2D eigenvalue weighted by molar-refractivity contribution is -0.385. The van der Waals surface area contributed by atoms with Crippen LogP contribution in [0.25, 0.3) is 0 Å².